The smallest absolute Gasteiger partial charge is 0.405 e. The molecule has 0 aliphatic rings. The Hall–Kier alpha value is -1.37. The summed E-state index contributed by atoms with van der Waals surface area (Å²) >= 11 is 5.47. The van der Waals surface area contributed by atoms with Crippen LogP contribution in [-0.2, 0) is 0 Å². The van der Waals surface area contributed by atoms with E-state index in [-0.39, 0.29) is 0 Å². The van der Waals surface area contributed by atoms with Gasteiger partial charge in [-0.25, -0.2) is 8.78 Å². The highest BCUT2D eigenvalue weighted by Crippen LogP contribution is 2.36. The Labute approximate surface area is 110 Å². The molecule has 1 rings (SSSR count). The van der Waals surface area contributed by atoms with Crippen molar-refractivity contribution in [3.63, 3.8) is 0 Å². The lowest BCUT2D eigenvalue weighted by molar-refractivity contribution is -0.275. The van der Waals surface area contributed by atoms with Crippen LogP contribution in [-0.4, -0.2) is 17.5 Å². The number of carbonyl (C=O) groups is 1. The lowest BCUT2D eigenvalue weighted by atomic mass is 10.0. The van der Waals surface area contributed by atoms with Gasteiger partial charge in [0.25, 0.3) is 6.43 Å². The highest BCUT2D eigenvalue weighted by molar-refractivity contribution is 6.33. The lowest BCUT2D eigenvalue weighted by Gasteiger charge is -2.16. The standard InChI is InChI=1S/C11H8ClF5O2/c1-5(12)9(18)6-3-2-4-7(8(6)10(13)14)19-11(15,16)17/h2-5,10H,1H3. The molecule has 0 aliphatic heterocycles. The number of alkyl halides is 6. The van der Waals surface area contributed by atoms with Gasteiger partial charge in [0, 0.05) is 5.56 Å². The molecule has 8 heteroatoms. The second-order valence-corrected chi connectivity index (χ2v) is 4.20. The maximum Gasteiger partial charge on any atom is 0.573 e. The van der Waals surface area contributed by atoms with Crippen LogP contribution in [0, 0.1) is 0 Å². The van der Waals surface area contributed by atoms with Crippen molar-refractivity contribution in [1.82, 2.24) is 0 Å². The van der Waals surface area contributed by atoms with Crippen LogP contribution in [0.5, 0.6) is 5.75 Å². The van der Waals surface area contributed by atoms with Gasteiger partial charge in [0.2, 0.25) is 0 Å². The van der Waals surface area contributed by atoms with Crippen molar-refractivity contribution in [2.45, 2.75) is 25.1 Å². The maximum absolute atomic E-state index is 12.8. The van der Waals surface area contributed by atoms with Gasteiger partial charge in [-0.1, -0.05) is 12.1 Å². The quantitative estimate of drug-likeness (QED) is 0.470. The Morgan fingerprint density at radius 1 is 1.32 bits per heavy atom. The predicted molar refractivity (Wildman–Crippen MR) is 57.7 cm³/mol. The van der Waals surface area contributed by atoms with Gasteiger partial charge >= 0.3 is 6.36 Å². The van der Waals surface area contributed by atoms with Gasteiger partial charge in [-0.2, -0.15) is 0 Å². The summed E-state index contributed by atoms with van der Waals surface area (Å²) in [6.07, 6.45) is -8.43. The third-order valence-corrected chi connectivity index (χ3v) is 2.33. The van der Waals surface area contributed by atoms with Gasteiger partial charge in [-0.15, -0.1) is 24.8 Å². The second kappa shape index (κ2) is 5.73. The summed E-state index contributed by atoms with van der Waals surface area (Å²) in [5.41, 5.74) is -1.70. The van der Waals surface area contributed by atoms with Gasteiger partial charge in [0.15, 0.2) is 5.78 Å². The van der Waals surface area contributed by atoms with Gasteiger partial charge in [0.1, 0.15) is 5.75 Å². The molecule has 0 saturated heterocycles. The van der Waals surface area contributed by atoms with E-state index in [0.717, 1.165) is 12.1 Å². The van der Waals surface area contributed by atoms with Gasteiger partial charge in [-0.3, -0.25) is 4.79 Å². The van der Waals surface area contributed by atoms with E-state index < -0.39 is 40.8 Å². The molecule has 0 N–H and O–H groups in total. The van der Waals surface area contributed by atoms with E-state index in [4.69, 9.17) is 11.6 Å². The highest BCUT2D eigenvalue weighted by Gasteiger charge is 2.35. The first kappa shape index (κ1) is 15.7. The SMILES string of the molecule is CC(Cl)C(=O)c1cccc(OC(F)(F)F)c1C(F)F. The number of Topliss-reactive ketones (excluding diaryl/α,β-unsaturated/α-hetero) is 1. The van der Waals surface area contributed by atoms with Crippen LogP contribution in [0.3, 0.4) is 0 Å². The molecule has 1 unspecified atom stereocenters. The van der Waals surface area contributed by atoms with Gasteiger partial charge in [-0.05, 0) is 13.0 Å². The molecule has 1 aromatic rings. The normalized spacial score (nSPS) is 13.5. The van der Waals surface area contributed by atoms with Crippen LogP contribution >= 0.6 is 11.6 Å². The fourth-order valence-corrected chi connectivity index (χ4v) is 1.53. The summed E-state index contributed by atoms with van der Waals surface area (Å²) in [7, 11) is 0. The minimum atomic E-state index is -5.13. The molecule has 0 radical (unpaired) electrons. The first-order valence-electron chi connectivity index (χ1n) is 4.98. The van der Waals surface area contributed by atoms with Crippen LogP contribution in [0.2, 0.25) is 0 Å². The molecule has 0 saturated carbocycles. The molecular formula is C11H8ClF5O2. The molecule has 0 spiro atoms. The number of halogens is 6. The molecule has 0 aliphatic carbocycles. The van der Waals surface area contributed by atoms with Crippen LogP contribution in [0.15, 0.2) is 18.2 Å². The van der Waals surface area contributed by atoms with E-state index >= 15 is 0 Å². The summed E-state index contributed by atoms with van der Waals surface area (Å²) in [6.45, 7) is 1.23. The van der Waals surface area contributed by atoms with Crippen molar-refractivity contribution in [2.75, 3.05) is 0 Å². The van der Waals surface area contributed by atoms with E-state index in [9.17, 15) is 26.7 Å². The first-order chi connectivity index (χ1) is 8.63. The summed E-state index contributed by atoms with van der Waals surface area (Å²) in [6, 6.07) is 2.70. The van der Waals surface area contributed by atoms with Gasteiger partial charge in [0.05, 0.1) is 10.9 Å². The van der Waals surface area contributed by atoms with E-state index in [1.807, 2.05) is 0 Å². The third-order valence-electron chi connectivity index (χ3n) is 2.14. The van der Waals surface area contributed by atoms with Crippen molar-refractivity contribution >= 4 is 17.4 Å². The maximum atomic E-state index is 12.8. The Balaban J connectivity index is 3.34. The predicted octanol–water partition coefficient (Wildman–Crippen LogP) is 4.33. The Bertz CT molecular complexity index is 471. The van der Waals surface area contributed by atoms with E-state index in [1.54, 1.807) is 0 Å². The average Bonchev–Trinajstić information content (AvgIpc) is 2.24. The number of benzene rings is 1. The summed E-state index contributed by atoms with van der Waals surface area (Å²) in [5, 5.41) is -1.14. The molecule has 0 heterocycles. The number of hydrogen-bond acceptors (Lipinski definition) is 2. The number of ketones is 1. The molecule has 0 fully saturated rings. The zero-order chi connectivity index (χ0) is 14.8. The van der Waals surface area contributed by atoms with Crippen molar-refractivity contribution in [2.24, 2.45) is 0 Å². The van der Waals surface area contributed by atoms with Crippen molar-refractivity contribution in [3.05, 3.63) is 29.3 Å². The third kappa shape index (κ3) is 4.05. The van der Waals surface area contributed by atoms with Crippen LogP contribution in [0.1, 0.15) is 29.3 Å². The largest absolute Gasteiger partial charge is 0.573 e. The number of ether oxygens (including phenoxy) is 1. The van der Waals surface area contributed by atoms with Crippen LogP contribution in [0.4, 0.5) is 22.0 Å². The minimum Gasteiger partial charge on any atom is -0.405 e. The Kier molecular flexibility index (Phi) is 4.73. The van der Waals surface area contributed by atoms with Crippen molar-refractivity contribution in [3.8, 4) is 5.75 Å². The molecule has 0 aromatic heterocycles. The van der Waals surface area contributed by atoms with E-state index in [1.165, 1.54) is 6.92 Å². The fourth-order valence-electron chi connectivity index (χ4n) is 1.41. The summed E-state index contributed by atoms with van der Waals surface area (Å²) in [5.74, 6) is -2.00. The molecule has 1 aromatic carbocycles. The van der Waals surface area contributed by atoms with E-state index in [2.05, 4.69) is 4.74 Å². The molecule has 19 heavy (non-hydrogen) atoms. The zero-order valence-corrected chi connectivity index (χ0v) is 10.2. The molecule has 1 atom stereocenters. The Morgan fingerprint density at radius 2 is 1.89 bits per heavy atom. The molecule has 2 nitrogen and oxygen atoms in total. The van der Waals surface area contributed by atoms with Crippen molar-refractivity contribution < 1.29 is 31.5 Å². The van der Waals surface area contributed by atoms with E-state index in [0.29, 0.717) is 6.07 Å². The average molecular weight is 303 g/mol. The number of rotatable bonds is 4. The molecule has 0 amide bonds. The van der Waals surface area contributed by atoms with Crippen LogP contribution in [0.25, 0.3) is 0 Å². The topological polar surface area (TPSA) is 26.3 Å². The molecular weight excluding hydrogens is 295 g/mol. The monoisotopic (exact) mass is 302 g/mol. The molecule has 0 bridgehead atoms. The number of carbonyl (C=O) groups excluding carboxylic acids is 1. The lowest BCUT2D eigenvalue weighted by Crippen LogP contribution is -2.20. The summed E-state index contributed by atoms with van der Waals surface area (Å²) < 4.78 is 65.5. The van der Waals surface area contributed by atoms with Crippen molar-refractivity contribution in [1.29, 1.82) is 0 Å². The van der Waals surface area contributed by atoms with Gasteiger partial charge < -0.3 is 4.74 Å². The second-order valence-electron chi connectivity index (χ2n) is 3.55. The Morgan fingerprint density at radius 3 is 2.32 bits per heavy atom. The fraction of sp³-hybridized carbons (Fsp3) is 0.364. The highest BCUT2D eigenvalue weighted by atomic mass is 35.5. The van der Waals surface area contributed by atoms with Crippen LogP contribution < -0.4 is 4.74 Å². The molecule has 106 valence electrons. The first-order valence-corrected chi connectivity index (χ1v) is 5.42. The number of hydrogen-bond donors (Lipinski definition) is 0. The summed E-state index contributed by atoms with van der Waals surface area (Å²) in [4.78, 5) is 11.6. The minimum absolute atomic E-state index is 0.584. The zero-order valence-electron chi connectivity index (χ0n) is 9.47.